The van der Waals surface area contributed by atoms with Gasteiger partial charge in [-0.15, -0.1) is 0 Å². The maximum atomic E-state index is 12.9. The first-order valence-corrected chi connectivity index (χ1v) is 11.8. The van der Waals surface area contributed by atoms with Gasteiger partial charge in [0.05, 0.1) is 24.7 Å². The number of hydrogen-bond acceptors (Lipinski definition) is 4. The van der Waals surface area contributed by atoms with Gasteiger partial charge < -0.3 is 18.9 Å². The van der Waals surface area contributed by atoms with Crippen molar-refractivity contribution in [1.29, 1.82) is 0 Å². The molecule has 1 saturated heterocycles. The molecule has 6 heteroatoms. The number of amides is 1. The molecule has 0 unspecified atom stereocenters. The van der Waals surface area contributed by atoms with E-state index < -0.39 is 0 Å². The molecule has 3 aromatic carbocycles. The van der Waals surface area contributed by atoms with Gasteiger partial charge in [0.1, 0.15) is 23.9 Å². The molecule has 0 aliphatic carbocycles. The molecule has 5 rings (SSSR count). The lowest BCUT2D eigenvalue weighted by Crippen LogP contribution is -2.24. The van der Waals surface area contributed by atoms with Crippen molar-refractivity contribution < 1.29 is 14.3 Å². The lowest BCUT2D eigenvalue weighted by molar-refractivity contribution is -0.117. The lowest BCUT2D eigenvalue weighted by atomic mass is 10.1. The van der Waals surface area contributed by atoms with E-state index in [1.165, 1.54) is 5.56 Å². The van der Waals surface area contributed by atoms with Crippen molar-refractivity contribution in [3.8, 4) is 11.5 Å². The first kappa shape index (κ1) is 22.0. The van der Waals surface area contributed by atoms with E-state index in [1.54, 1.807) is 7.11 Å². The van der Waals surface area contributed by atoms with Gasteiger partial charge in [-0.1, -0.05) is 31.2 Å². The molecule has 2 heterocycles. The molecule has 174 valence electrons. The van der Waals surface area contributed by atoms with Crippen LogP contribution in [0.2, 0.25) is 0 Å². The highest BCUT2D eigenvalue weighted by Crippen LogP contribution is 2.33. The SMILES string of the molecule is CCc1ccc(N2C[C@@H](c3nc4ccccc4n3CCOc3ccc(OC)cc3)CC2=O)cc1. The third-order valence-electron chi connectivity index (χ3n) is 6.47. The molecule has 4 aromatic rings. The Morgan fingerprint density at radius 2 is 1.71 bits per heavy atom. The van der Waals surface area contributed by atoms with E-state index >= 15 is 0 Å². The normalized spacial score (nSPS) is 15.8. The van der Waals surface area contributed by atoms with Crippen LogP contribution in [0.25, 0.3) is 11.0 Å². The Morgan fingerprint density at radius 1 is 0.971 bits per heavy atom. The van der Waals surface area contributed by atoms with E-state index in [0.29, 0.717) is 26.1 Å². The second kappa shape index (κ2) is 9.59. The van der Waals surface area contributed by atoms with Crippen LogP contribution in [0.3, 0.4) is 0 Å². The van der Waals surface area contributed by atoms with Crippen molar-refractivity contribution in [2.24, 2.45) is 0 Å². The molecule has 1 aliphatic rings. The van der Waals surface area contributed by atoms with E-state index in [9.17, 15) is 4.79 Å². The van der Waals surface area contributed by atoms with Crippen LogP contribution in [0, 0.1) is 0 Å². The Morgan fingerprint density at radius 3 is 2.44 bits per heavy atom. The van der Waals surface area contributed by atoms with Crippen molar-refractivity contribution in [3.63, 3.8) is 0 Å². The molecule has 0 saturated carbocycles. The second-order valence-electron chi connectivity index (χ2n) is 8.56. The molecule has 1 atom stereocenters. The summed E-state index contributed by atoms with van der Waals surface area (Å²) in [6, 6.07) is 24.0. The monoisotopic (exact) mass is 455 g/mol. The average Bonchev–Trinajstić information content (AvgIpc) is 3.45. The number of carbonyl (C=O) groups excluding carboxylic acids is 1. The zero-order chi connectivity index (χ0) is 23.5. The molecule has 0 spiro atoms. The number of carbonyl (C=O) groups is 1. The fourth-order valence-corrected chi connectivity index (χ4v) is 4.61. The fraction of sp³-hybridized carbons (Fsp3) is 0.286. The molecule has 0 N–H and O–H groups in total. The van der Waals surface area contributed by atoms with Crippen LogP contribution in [0.15, 0.2) is 72.8 Å². The van der Waals surface area contributed by atoms with Gasteiger partial charge in [0.2, 0.25) is 5.91 Å². The van der Waals surface area contributed by atoms with Crippen molar-refractivity contribution in [2.75, 3.05) is 25.2 Å². The molecule has 1 aromatic heterocycles. The summed E-state index contributed by atoms with van der Waals surface area (Å²) in [5.41, 5.74) is 4.23. The highest BCUT2D eigenvalue weighted by atomic mass is 16.5. The highest BCUT2D eigenvalue weighted by molar-refractivity contribution is 5.96. The topological polar surface area (TPSA) is 56.6 Å². The number of aromatic nitrogens is 2. The number of methoxy groups -OCH3 is 1. The van der Waals surface area contributed by atoms with Gasteiger partial charge in [0.15, 0.2) is 0 Å². The Hall–Kier alpha value is -3.80. The van der Waals surface area contributed by atoms with E-state index in [2.05, 4.69) is 29.7 Å². The number of nitrogens with zero attached hydrogens (tertiary/aromatic N) is 3. The molecule has 0 bridgehead atoms. The van der Waals surface area contributed by atoms with Crippen LogP contribution in [0.5, 0.6) is 11.5 Å². The molecular formula is C28H29N3O3. The van der Waals surface area contributed by atoms with Crippen molar-refractivity contribution in [1.82, 2.24) is 9.55 Å². The van der Waals surface area contributed by atoms with Gasteiger partial charge in [0.25, 0.3) is 0 Å². The summed E-state index contributed by atoms with van der Waals surface area (Å²) in [7, 11) is 1.65. The van der Waals surface area contributed by atoms with Gasteiger partial charge in [-0.05, 0) is 60.5 Å². The summed E-state index contributed by atoms with van der Waals surface area (Å²) in [4.78, 5) is 19.8. The average molecular weight is 456 g/mol. The van der Waals surface area contributed by atoms with Gasteiger partial charge in [0, 0.05) is 24.6 Å². The standard InChI is InChI=1S/C28H29N3O3/c1-3-20-8-10-22(11-9-20)31-19-21(18-27(31)32)28-29-25-6-4-5-7-26(25)30(28)16-17-34-24-14-12-23(33-2)13-15-24/h4-15,21H,3,16-19H2,1-2H3/t21-/m0/s1. The molecule has 1 fully saturated rings. The largest absolute Gasteiger partial charge is 0.497 e. The summed E-state index contributed by atoms with van der Waals surface area (Å²) in [6.07, 6.45) is 1.44. The van der Waals surface area contributed by atoms with Gasteiger partial charge in [-0.3, -0.25) is 4.79 Å². The fourth-order valence-electron chi connectivity index (χ4n) is 4.61. The first-order chi connectivity index (χ1) is 16.7. The molecular weight excluding hydrogens is 426 g/mol. The molecule has 0 radical (unpaired) electrons. The minimum absolute atomic E-state index is 0.0340. The third-order valence-corrected chi connectivity index (χ3v) is 6.47. The minimum Gasteiger partial charge on any atom is -0.497 e. The lowest BCUT2D eigenvalue weighted by Gasteiger charge is -2.18. The quantitative estimate of drug-likeness (QED) is 0.366. The van der Waals surface area contributed by atoms with Gasteiger partial charge in [-0.2, -0.15) is 0 Å². The van der Waals surface area contributed by atoms with Crippen molar-refractivity contribution >= 4 is 22.6 Å². The van der Waals surface area contributed by atoms with Crippen molar-refractivity contribution in [3.05, 3.63) is 84.2 Å². The second-order valence-corrected chi connectivity index (χ2v) is 8.56. The number of aryl methyl sites for hydroxylation is 1. The summed E-state index contributed by atoms with van der Waals surface area (Å²) < 4.78 is 13.4. The van der Waals surface area contributed by atoms with Crippen LogP contribution in [-0.2, 0) is 17.8 Å². The van der Waals surface area contributed by atoms with Gasteiger partial charge >= 0.3 is 0 Å². The minimum atomic E-state index is 0.0340. The number of rotatable bonds is 8. The molecule has 1 amide bonds. The Bertz CT molecular complexity index is 1280. The summed E-state index contributed by atoms with van der Waals surface area (Å²) in [6.45, 7) is 3.92. The predicted molar refractivity (Wildman–Crippen MR) is 134 cm³/mol. The predicted octanol–water partition coefficient (Wildman–Crippen LogP) is 5.21. The Kier molecular flexibility index (Phi) is 6.21. The van der Waals surface area contributed by atoms with Crippen LogP contribution >= 0.6 is 0 Å². The van der Waals surface area contributed by atoms with Crippen LogP contribution in [-0.4, -0.2) is 35.7 Å². The van der Waals surface area contributed by atoms with Crippen LogP contribution in [0.1, 0.15) is 30.7 Å². The first-order valence-electron chi connectivity index (χ1n) is 11.8. The van der Waals surface area contributed by atoms with E-state index in [0.717, 1.165) is 40.5 Å². The summed E-state index contributed by atoms with van der Waals surface area (Å²) in [5, 5.41) is 0. The number of hydrogen-bond donors (Lipinski definition) is 0. The number of benzene rings is 3. The maximum Gasteiger partial charge on any atom is 0.227 e. The van der Waals surface area contributed by atoms with Crippen LogP contribution in [0.4, 0.5) is 5.69 Å². The number of fused-ring (bicyclic) bond motifs is 1. The third kappa shape index (κ3) is 4.36. The number of anilines is 1. The smallest absolute Gasteiger partial charge is 0.227 e. The number of para-hydroxylation sites is 2. The molecule has 34 heavy (non-hydrogen) atoms. The Labute approximate surface area is 199 Å². The highest BCUT2D eigenvalue weighted by Gasteiger charge is 2.34. The van der Waals surface area contributed by atoms with E-state index in [1.807, 2.05) is 59.5 Å². The summed E-state index contributed by atoms with van der Waals surface area (Å²) >= 11 is 0. The number of ether oxygens (including phenoxy) is 2. The maximum absolute atomic E-state index is 12.9. The zero-order valence-electron chi connectivity index (χ0n) is 19.6. The molecule has 6 nitrogen and oxygen atoms in total. The summed E-state index contributed by atoms with van der Waals surface area (Å²) in [5.74, 6) is 2.72. The number of imidazole rings is 1. The molecule has 1 aliphatic heterocycles. The van der Waals surface area contributed by atoms with Crippen LogP contribution < -0.4 is 14.4 Å². The van der Waals surface area contributed by atoms with E-state index in [4.69, 9.17) is 14.5 Å². The van der Waals surface area contributed by atoms with E-state index in [-0.39, 0.29) is 11.8 Å². The zero-order valence-corrected chi connectivity index (χ0v) is 19.6. The van der Waals surface area contributed by atoms with Crippen molar-refractivity contribution in [2.45, 2.75) is 32.2 Å². The van der Waals surface area contributed by atoms with Gasteiger partial charge in [-0.25, -0.2) is 4.98 Å². The Balaban J connectivity index is 1.36.